The number of nitrogens with one attached hydrogen (secondary N) is 1. The molecule has 0 saturated heterocycles. The molecule has 272 valence electrons. The number of nitrogens with zero attached hydrogens (tertiary/aromatic N) is 4. The van der Waals surface area contributed by atoms with Crippen molar-refractivity contribution in [3.8, 4) is 22.9 Å². The Kier molecular flexibility index (Phi) is 12.1. The summed E-state index contributed by atoms with van der Waals surface area (Å²) in [4.78, 5) is 66.9. The number of carboxylic acid groups (broad SMARTS) is 3. The van der Waals surface area contributed by atoms with Crippen LogP contribution in [0.4, 0.5) is 5.82 Å². The van der Waals surface area contributed by atoms with Crippen LogP contribution in [0, 0.1) is 12.8 Å². The average Bonchev–Trinajstić information content (AvgIpc) is 3.36. The number of ether oxygens (including phenoxy) is 2. The first-order valence-corrected chi connectivity index (χ1v) is 15.9. The third-order valence-electron chi connectivity index (χ3n) is 8.22. The minimum absolute atomic E-state index is 0.0727. The number of rotatable bonds is 13. The van der Waals surface area contributed by atoms with Crippen LogP contribution in [-0.4, -0.2) is 71.1 Å². The van der Waals surface area contributed by atoms with E-state index in [2.05, 4.69) is 15.3 Å². The highest BCUT2D eigenvalue weighted by Gasteiger charge is 2.36. The number of carbonyl (C=O) groups excluding carboxylic acids is 1. The lowest BCUT2D eigenvalue weighted by Gasteiger charge is -2.28. The molecule has 52 heavy (non-hydrogen) atoms. The summed E-state index contributed by atoms with van der Waals surface area (Å²) >= 11 is 0. The second-order valence-corrected chi connectivity index (χ2v) is 11.9. The van der Waals surface area contributed by atoms with Crippen molar-refractivity contribution in [2.45, 2.75) is 45.7 Å². The highest BCUT2D eigenvalue weighted by Crippen LogP contribution is 2.31. The molecule has 16 heteroatoms. The number of para-hydroxylation sites is 1. The molecule has 2 aromatic carbocycles. The van der Waals surface area contributed by atoms with Crippen LogP contribution in [0.3, 0.4) is 0 Å². The summed E-state index contributed by atoms with van der Waals surface area (Å²) in [6.07, 6.45) is 2.50. The third kappa shape index (κ3) is 8.97. The Bertz CT molecular complexity index is 2130. The van der Waals surface area contributed by atoms with Crippen molar-refractivity contribution in [2.24, 2.45) is 11.7 Å². The minimum Gasteiger partial charge on any atom is -0.497 e. The molecule has 0 spiro atoms. The van der Waals surface area contributed by atoms with Crippen molar-refractivity contribution < 1.29 is 44.0 Å². The van der Waals surface area contributed by atoms with E-state index in [4.69, 9.17) is 25.4 Å². The second-order valence-electron chi connectivity index (χ2n) is 11.9. The predicted octanol–water partition coefficient (Wildman–Crippen LogP) is 4.32. The molecule has 1 amide bonds. The van der Waals surface area contributed by atoms with Crippen LogP contribution in [0.5, 0.6) is 17.2 Å². The fraction of sp³-hybridized carbons (Fsp3) is 0.250. The van der Waals surface area contributed by atoms with Crippen molar-refractivity contribution in [3.05, 3.63) is 101 Å². The van der Waals surface area contributed by atoms with E-state index in [9.17, 15) is 29.1 Å². The van der Waals surface area contributed by atoms with Crippen molar-refractivity contribution in [2.75, 3.05) is 12.4 Å². The summed E-state index contributed by atoms with van der Waals surface area (Å²) in [5.74, 6) is -2.69. The number of amides is 1. The van der Waals surface area contributed by atoms with Crippen molar-refractivity contribution in [1.29, 1.82) is 0 Å². The number of hydrogen-bond donors (Lipinski definition) is 5. The largest absolute Gasteiger partial charge is 0.497 e. The lowest BCUT2D eigenvalue weighted by atomic mass is 9.88. The summed E-state index contributed by atoms with van der Waals surface area (Å²) in [6, 6.07) is 19.2. The number of aromatic nitrogens is 4. The molecule has 3 aromatic heterocycles. The zero-order valence-electron chi connectivity index (χ0n) is 28.8. The predicted molar refractivity (Wildman–Crippen MR) is 189 cm³/mol. The van der Waals surface area contributed by atoms with E-state index in [-0.39, 0.29) is 30.8 Å². The molecule has 0 aliphatic carbocycles. The fourth-order valence-electron chi connectivity index (χ4n) is 4.97. The number of carboxylic acids is 3. The van der Waals surface area contributed by atoms with Crippen molar-refractivity contribution in [1.82, 2.24) is 19.3 Å². The Morgan fingerprint density at radius 2 is 1.60 bits per heavy atom. The number of benzene rings is 2. The molecule has 0 unspecified atom stereocenters. The van der Waals surface area contributed by atoms with Crippen molar-refractivity contribution in [3.63, 3.8) is 0 Å². The Hall–Kier alpha value is -6.55. The quantitative estimate of drug-likeness (QED) is 0.114. The third-order valence-corrected chi connectivity index (χ3v) is 8.22. The van der Waals surface area contributed by atoms with Gasteiger partial charge in [-0.1, -0.05) is 25.1 Å². The lowest BCUT2D eigenvalue weighted by Crippen LogP contribution is -2.52. The number of pyridine rings is 2. The Morgan fingerprint density at radius 1 is 0.942 bits per heavy atom. The SMILES string of the molecule is COc1ccc2c(Oc3ccc(NC(=O)c4c(C)n(C[C@@H](C)[C@](C)(N)C(=O)O)n(-c5ccccc5)c4=O)nc3)ccnc2c1.O=C(O)CCC(=O)O. The highest BCUT2D eigenvalue weighted by molar-refractivity contribution is 6.04. The van der Waals surface area contributed by atoms with Crippen LogP contribution in [0.25, 0.3) is 16.6 Å². The van der Waals surface area contributed by atoms with Gasteiger partial charge in [0.1, 0.15) is 34.2 Å². The summed E-state index contributed by atoms with van der Waals surface area (Å²) in [5.41, 5.74) is 5.43. The number of nitrogens with two attached hydrogens (primary N) is 1. The maximum atomic E-state index is 13.7. The zero-order valence-corrected chi connectivity index (χ0v) is 28.8. The number of carbonyl (C=O) groups is 4. The maximum Gasteiger partial charge on any atom is 0.323 e. The van der Waals surface area contributed by atoms with E-state index in [0.29, 0.717) is 34.1 Å². The normalized spacial score (nSPS) is 12.5. The van der Waals surface area contributed by atoms with E-state index in [1.807, 2.05) is 18.2 Å². The van der Waals surface area contributed by atoms with Crippen LogP contribution < -0.4 is 26.1 Å². The van der Waals surface area contributed by atoms with Gasteiger partial charge in [-0.2, -0.15) is 0 Å². The summed E-state index contributed by atoms with van der Waals surface area (Å²) in [5, 5.41) is 28.9. The molecule has 0 aliphatic rings. The molecular formula is C36H38N6O10. The van der Waals surface area contributed by atoms with E-state index in [1.54, 1.807) is 80.4 Å². The van der Waals surface area contributed by atoms with E-state index >= 15 is 0 Å². The van der Waals surface area contributed by atoms with Crippen LogP contribution >= 0.6 is 0 Å². The summed E-state index contributed by atoms with van der Waals surface area (Å²) in [6.45, 7) is 4.82. The highest BCUT2D eigenvalue weighted by atomic mass is 16.5. The number of methoxy groups -OCH3 is 1. The smallest absolute Gasteiger partial charge is 0.323 e. The second kappa shape index (κ2) is 16.4. The van der Waals surface area contributed by atoms with Crippen LogP contribution in [0.1, 0.15) is 42.7 Å². The standard InChI is InChI=1S/C32H32N6O6.C4H6O4/c1-19(32(3,33)31(41)42)18-37-20(2)28(30(40)38(37)21-8-6-5-7-9-21)29(39)36-27-13-11-23(17-35-27)44-26-14-15-34-25-16-22(43-4)10-12-24(25)26;5-3(6)1-2-4(7)8/h5-17,19H,18,33H2,1-4H3,(H,41,42)(H,35,36,39);1-2H2,(H,5,6)(H,7,8)/t19-,32+;/m1./s1. The van der Waals surface area contributed by atoms with E-state index < -0.39 is 40.8 Å². The Labute approximate surface area is 297 Å². The first-order chi connectivity index (χ1) is 24.6. The lowest BCUT2D eigenvalue weighted by molar-refractivity contribution is -0.144. The molecule has 0 fully saturated rings. The number of anilines is 1. The summed E-state index contributed by atoms with van der Waals surface area (Å²) < 4.78 is 14.2. The zero-order chi connectivity index (χ0) is 38.2. The molecule has 0 aliphatic heterocycles. The Balaban J connectivity index is 0.000000677. The number of aliphatic carboxylic acids is 3. The first-order valence-electron chi connectivity index (χ1n) is 15.9. The molecule has 3 heterocycles. The molecule has 0 radical (unpaired) electrons. The van der Waals surface area contributed by atoms with Crippen LogP contribution in [0.2, 0.25) is 0 Å². The van der Waals surface area contributed by atoms with Crippen LogP contribution in [-0.2, 0) is 20.9 Å². The minimum atomic E-state index is -1.57. The molecule has 5 aromatic rings. The molecule has 2 atom stereocenters. The van der Waals surface area contributed by atoms with Gasteiger partial charge in [-0.3, -0.25) is 33.6 Å². The Morgan fingerprint density at radius 3 is 2.17 bits per heavy atom. The van der Waals surface area contributed by atoms with Crippen molar-refractivity contribution >= 4 is 40.5 Å². The molecule has 0 saturated carbocycles. The maximum absolute atomic E-state index is 13.7. The monoisotopic (exact) mass is 714 g/mol. The van der Waals surface area contributed by atoms with E-state index in [0.717, 1.165) is 5.39 Å². The molecule has 16 nitrogen and oxygen atoms in total. The van der Waals surface area contributed by atoms with Crippen LogP contribution in [0.15, 0.2) is 83.9 Å². The van der Waals surface area contributed by atoms with Gasteiger partial charge in [-0.25, -0.2) is 9.67 Å². The molecular weight excluding hydrogens is 676 g/mol. The molecule has 6 N–H and O–H groups in total. The average molecular weight is 715 g/mol. The topological polar surface area (TPSA) is 238 Å². The van der Waals surface area contributed by atoms with E-state index in [1.165, 1.54) is 17.8 Å². The summed E-state index contributed by atoms with van der Waals surface area (Å²) in [7, 11) is 1.59. The van der Waals surface area contributed by atoms with Gasteiger partial charge in [0, 0.05) is 30.1 Å². The van der Waals surface area contributed by atoms with Gasteiger partial charge in [0.05, 0.1) is 43.0 Å². The van der Waals surface area contributed by atoms with Gasteiger partial charge in [-0.15, -0.1) is 0 Å². The fourth-order valence-corrected chi connectivity index (χ4v) is 4.97. The van der Waals surface area contributed by atoms with Gasteiger partial charge >= 0.3 is 17.9 Å². The van der Waals surface area contributed by atoms with Gasteiger partial charge in [0.15, 0.2) is 0 Å². The number of hydrogen-bond acceptors (Lipinski definition) is 10. The number of fused-ring (bicyclic) bond motifs is 1. The van der Waals surface area contributed by atoms with Gasteiger partial charge in [-0.05, 0) is 56.3 Å². The van der Waals surface area contributed by atoms with Gasteiger partial charge in [0.25, 0.3) is 11.5 Å². The molecule has 5 rings (SSSR count). The first kappa shape index (κ1) is 38.3. The molecule has 0 bridgehead atoms. The van der Waals surface area contributed by atoms with Gasteiger partial charge < -0.3 is 35.8 Å². The van der Waals surface area contributed by atoms with Gasteiger partial charge in [0.2, 0.25) is 0 Å².